The van der Waals surface area contributed by atoms with Crippen molar-refractivity contribution in [3.05, 3.63) is 0 Å². The molecule has 5 nitrogen and oxygen atoms in total. The minimum Gasteiger partial charge on any atom is -0.368 e. The molecule has 0 aromatic heterocycles. The third-order valence-corrected chi connectivity index (χ3v) is 2.98. The van der Waals surface area contributed by atoms with Gasteiger partial charge in [0.2, 0.25) is 11.8 Å². The first-order valence-corrected chi connectivity index (χ1v) is 5.71. The van der Waals surface area contributed by atoms with E-state index in [2.05, 4.69) is 17.6 Å². The number of carbonyl (C=O) groups is 2. The van der Waals surface area contributed by atoms with Crippen molar-refractivity contribution in [1.29, 1.82) is 0 Å². The molecule has 16 heavy (non-hydrogen) atoms. The van der Waals surface area contributed by atoms with E-state index in [1.807, 2.05) is 0 Å². The minimum atomic E-state index is -0.987. The molecule has 0 bridgehead atoms. The van der Waals surface area contributed by atoms with E-state index in [1.165, 1.54) is 0 Å². The van der Waals surface area contributed by atoms with E-state index in [4.69, 9.17) is 5.73 Å². The van der Waals surface area contributed by atoms with E-state index in [0.717, 1.165) is 19.3 Å². The second kappa shape index (κ2) is 4.82. The van der Waals surface area contributed by atoms with Gasteiger partial charge >= 0.3 is 0 Å². The average molecular weight is 227 g/mol. The van der Waals surface area contributed by atoms with Gasteiger partial charge in [0.05, 0.1) is 6.04 Å². The van der Waals surface area contributed by atoms with Gasteiger partial charge in [-0.1, -0.05) is 0 Å². The van der Waals surface area contributed by atoms with Crippen molar-refractivity contribution >= 4 is 11.8 Å². The lowest BCUT2D eigenvalue weighted by molar-refractivity contribution is -0.132. The highest BCUT2D eigenvalue weighted by Crippen LogP contribution is 2.13. The van der Waals surface area contributed by atoms with Gasteiger partial charge in [0.25, 0.3) is 0 Å². The van der Waals surface area contributed by atoms with Crippen LogP contribution in [0, 0.1) is 0 Å². The third-order valence-electron chi connectivity index (χ3n) is 2.98. The van der Waals surface area contributed by atoms with Gasteiger partial charge in [-0.2, -0.15) is 0 Å². The van der Waals surface area contributed by atoms with Crippen molar-refractivity contribution in [2.45, 2.75) is 57.7 Å². The number of piperidine rings is 1. The summed E-state index contributed by atoms with van der Waals surface area (Å²) >= 11 is 0. The Hall–Kier alpha value is -1.10. The highest BCUT2D eigenvalue weighted by atomic mass is 16.2. The second-order valence-electron chi connectivity index (χ2n) is 5.03. The summed E-state index contributed by atoms with van der Waals surface area (Å²) in [5, 5.41) is 5.88. The maximum atomic E-state index is 11.9. The van der Waals surface area contributed by atoms with Crippen LogP contribution < -0.4 is 16.4 Å². The molecule has 2 amide bonds. The minimum absolute atomic E-state index is 0.143. The lowest BCUT2D eigenvalue weighted by Gasteiger charge is -2.31. The Morgan fingerprint density at radius 3 is 2.50 bits per heavy atom. The Morgan fingerprint density at radius 1 is 1.38 bits per heavy atom. The Kier molecular flexibility index (Phi) is 3.91. The van der Waals surface area contributed by atoms with Crippen LogP contribution in [0.25, 0.3) is 0 Å². The van der Waals surface area contributed by atoms with Gasteiger partial charge in [-0.3, -0.25) is 9.59 Å². The van der Waals surface area contributed by atoms with Gasteiger partial charge in [0, 0.05) is 6.04 Å². The number of rotatable bonds is 3. The maximum absolute atomic E-state index is 11.9. The van der Waals surface area contributed by atoms with Crippen LogP contribution in [0.3, 0.4) is 0 Å². The SMILES string of the molecule is CC1CCCC(C(=O)NC(C)(C)C(N)=O)N1. The largest absolute Gasteiger partial charge is 0.368 e. The zero-order chi connectivity index (χ0) is 12.3. The molecule has 5 heteroatoms. The van der Waals surface area contributed by atoms with Crippen LogP contribution in [-0.4, -0.2) is 29.4 Å². The molecule has 1 fully saturated rings. The van der Waals surface area contributed by atoms with Crippen LogP contribution in [0.15, 0.2) is 0 Å². The Balaban J connectivity index is 2.55. The number of nitrogens with one attached hydrogen (secondary N) is 2. The van der Waals surface area contributed by atoms with Crippen molar-refractivity contribution in [1.82, 2.24) is 10.6 Å². The van der Waals surface area contributed by atoms with Crippen molar-refractivity contribution in [3.63, 3.8) is 0 Å². The third kappa shape index (κ3) is 3.20. The van der Waals surface area contributed by atoms with Crippen LogP contribution in [0.4, 0.5) is 0 Å². The van der Waals surface area contributed by atoms with Crippen molar-refractivity contribution < 1.29 is 9.59 Å². The summed E-state index contributed by atoms with van der Waals surface area (Å²) in [6.45, 7) is 5.28. The summed E-state index contributed by atoms with van der Waals surface area (Å²) in [5.41, 5.74) is 4.21. The highest BCUT2D eigenvalue weighted by Gasteiger charge is 2.31. The molecular weight excluding hydrogens is 206 g/mol. The first-order valence-electron chi connectivity index (χ1n) is 5.71. The summed E-state index contributed by atoms with van der Waals surface area (Å²) in [6, 6.07) is 0.142. The maximum Gasteiger partial charge on any atom is 0.242 e. The van der Waals surface area contributed by atoms with E-state index in [-0.39, 0.29) is 11.9 Å². The van der Waals surface area contributed by atoms with Crippen LogP contribution in [0.1, 0.15) is 40.0 Å². The van der Waals surface area contributed by atoms with E-state index in [9.17, 15) is 9.59 Å². The lowest BCUT2D eigenvalue weighted by atomic mass is 9.97. The molecule has 0 aromatic rings. The van der Waals surface area contributed by atoms with Crippen molar-refractivity contribution in [2.75, 3.05) is 0 Å². The van der Waals surface area contributed by atoms with Crippen molar-refractivity contribution in [3.8, 4) is 0 Å². The zero-order valence-corrected chi connectivity index (χ0v) is 10.2. The second-order valence-corrected chi connectivity index (χ2v) is 5.03. The monoisotopic (exact) mass is 227 g/mol. The van der Waals surface area contributed by atoms with E-state index in [0.29, 0.717) is 6.04 Å². The van der Waals surface area contributed by atoms with Crippen LogP contribution in [0.2, 0.25) is 0 Å². The first kappa shape index (κ1) is 13.0. The number of hydrogen-bond acceptors (Lipinski definition) is 3. The van der Waals surface area contributed by atoms with E-state index in [1.54, 1.807) is 13.8 Å². The van der Waals surface area contributed by atoms with Gasteiger partial charge in [-0.15, -0.1) is 0 Å². The molecule has 2 unspecified atom stereocenters. The lowest BCUT2D eigenvalue weighted by Crippen LogP contribution is -2.59. The van der Waals surface area contributed by atoms with Gasteiger partial charge in [-0.05, 0) is 40.0 Å². The summed E-state index contributed by atoms with van der Waals surface area (Å²) in [7, 11) is 0. The zero-order valence-electron chi connectivity index (χ0n) is 10.2. The molecular formula is C11H21N3O2. The first-order chi connectivity index (χ1) is 7.33. The molecule has 1 aliphatic rings. The van der Waals surface area contributed by atoms with Crippen LogP contribution in [-0.2, 0) is 9.59 Å². The van der Waals surface area contributed by atoms with Crippen LogP contribution >= 0.6 is 0 Å². The number of primary amides is 1. The van der Waals surface area contributed by atoms with Crippen molar-refractivity contribution in [2.24, 2.45) is 5.73 Å². The normalized spacial score (nSPS) is 26.2. The average Bonchev–Trinajstić information content (AvgIpc) is 2.16. The molecule has 1 rings (SSSR count). The fraction of sp³-hybridized carbons (Fsp3) is 0.818. The Bertz CT molecular complexity index is 289. The molecule has 0 aromatic carbocycles. The number of hydrogen-bond donors (Lipinski definition) is 3. The molecule has 2 atom stereocenters. The Morgan fingerprint density at radius 2 is 2.00 bits per heavy atom. The van der Waals surface area contributed by atoms with Gasteiger partial charge < -0.3 is 16.4 Å². The fourth-order valence-corrected chi connectivity index (χ4v) is 1.80. The van der Waals surface area contributed by atoms with Gasteiger partial charge in [0.1, 0.15) is 5.54 Å². The topological polar surface area (TPSA) is 84.2 Å². The smallest absolute Gasteiger partial charge is 0.242 e. The molecule has 0 spiro atoms. The summed E-state index contributed by atoms with van der Waals surface area (Å²) < 4.78 is 0. The molecule has 1 saturated heterocycles. The predicted molar refractivity (Wildman–Crippen MR) is 61.7 cm³/mol. The molecule has 0 saturated carbocycles. The molecule has 1 aliphatic heterocycles. The molecule has 92 valence electrons. The van der Waals surface area contributed by atoms with Crippen LogP contribution in [0.5, 0.6) is 0 Å². The predicted octanol–water partition coefficient (Wildman–Crippen LogP) is -0.103. The number of amides is 2. The molecule has 4 N–H and O–H groups in total. The molecule has 0 aliphatic carbocycles. The van der Waals surface area contributed by atoms with Gasteiger partial charge in [-0.25, -0.2) is 0 Å². The van der Waals surface area contributed by atoms with E-state index < -0.39 is 11.4 Å². The summed E-state index contributed by atoms with van der Waals surface area (Å²) in [6.07, 6.45) is 2.93. The summed E-state index contributed by atoms with van der Waals surface area (Å²) in [4.78, 5) is 23.0. The highest BCUT2D eigenvalue weighted by molar-refractivity contribution is 5.91. The number of carbonyl (C=O) groups excluding carboxylic acids is 2. The fourth-order valence-electron chi connectivity index (χ4n) is 1.80. The summed E-state index contributed by atoms with van der Waals surface area (Å²) in [5.74, 6) is -0.667. The molecule has 1 heterocycles. The van der Waals surface area contributed by atoms with Gasteiger partial charge in [0.15, 0.2) is 0 Å². The Labute approximate surface area is 96.1 Å². The quantitative estimate of drug-likeness (QED) is 0.629. The number of nitrogens with two attached hydrogens (primary N) is 1. The standard InChI is InChI=1S/C11H21N3O2/c1-7-5-4-6-8(13-7)9(15)14-11(2,3)10(12)16/h7-8,13H,4-6H2,1-3H3,(H2,12,16)(H,14,15). The van der Waals surface area contributed by atoms with E-state index >= 15 is 0 Å². The molecule has 0 radical (unpaired) electrons.